The predicted molar refractivity (Wildman–Crippen MR) is 117 cm³/mol. The highest BCUT2D eigenvalue weighted by molar-refractivity contribution is 7.99. The maximum atomic E-state index is 12.4. The second-order valence-corrected chi connectivity index (χ2v) is 7.58. The summed E-state index contributed by atoms with van der Waals surface area (Å²) in [6, 6.07) is 15.1. The molecule has 8 heteroatoms. The van der Waals surface area contributed by atoms with Gasteiger partial charge in [0.15, 0.2) is 11.0 Å². The van der Waals surface area contributed by atoms with Crippen LogP contribution in [0.3, 0.4) is 0 Å². The molecule has 0 bridgehead atoms. The quantitative estimate of drug-likeness (QED) is 0.490. The fourth-order valence-electron chi connectivity index (χ4n) is 2.93. The Labute approximate surface area is 179 Å². The van der Waals surface area contributed by atoms with Crippen LogP contribution in [0.4, 0.5) is 0 Å². The van der Waals surface area contributed by atoms with Gasteiger partial charge in [-0.05, 0) is 50.2 Å². The zero-order chi connectivity index (χ0) is 20.8. The summed E-state index contributed by atoms with van der Waals surface area (Å²) in [4.78, 5) is 14.2. The Morgan fingerprint density at radius 3 is 2.52 bits per heavy atom. The van der Waals surface area contributed by atoms with Crippen molar-refractivity contribution in [2.45, 2.75) is 19.0 Å². The number of hydrogen-bond acceptors (Lipinski definition) is 5. The predicted octanol–water partition coefficient (Wildman–Crippen LogP) is 4.56. The Morgan fingerprint density at radius 2 is 1.86 bits per heavy atom. The molecule has 0 N–H and O–H groups in total. The molecular weight excluding hydrogens is 408 g/mol. The molecule has 6 nitrogen and oxygen atoms in total. The number of benzene rings is 2. The van der Waals surface area contributed by atoms with Gasteiger partial charge in [-0.1, -0.05) is 35.5 Å². The fourth-order valence-corrected chi connectivity index (χ4v) is 3.91. The van der Waals surface area contributed by atoms with Crippen LogP contribution in [-0.4, -0.2) is 51.5 Å². The lowest BCUT2D eigenvalue weighted by Gasteiger charge is -2.18. The second-order valence-electron chi connectivity index (χ2n) is 6.20. The van der Waals surface area contributed by atoms with Crippen molar-refractivity contribution < 1.29 is 9.53 Å². The van der Waals surface area contributed by atoms with Crippen LogP contribution in [0.1, 0.15) is 13.8 Å². The van der Waals surface area contributed by atoms with Gasteiger partial charge in [0, 0.05) is 29.4 Å². The minimum Gasteiger partial charge on any atom is -0.497 e. The third kappa shape index (κ3) is 4.92. The van der Waals surface area contributed by atoms with Crippen molar-refractivity contribution in [1.82, 2.24) is 19.7 Å². The monoisotopic (exact) mass is 430 g/mol. The molecule has 1 aromatic heterocycles. The molecule has 3 rings (SSSR count). The van der Waals surface area contributed by atoms with Crippen molar-refractivity contribution in [1.29, 1.82) is 0 Å². The van der Waals surface area contributed by atoms with Crippen LogP contribution >= 0.6 is 23.4 Å². The molecule has 0 aliphatic carbocycles. The van der Waals surface area contributed by atoms with Crippen LogP contribution in [0, 0.1) is 0 Å². The summed E-state index contributed by atoms with van der Waals surface area (Å²) < 4.78 is 7.28. The van der Waals surface area contributed by atoms with Gasteiger partial charge in [-0.2, -0.15) is 0 Å². The van der Waals surface area contributed by atoms with Gasteiger partial charge in [-0.15, -0.1) is 10.2 Å². The zero-order valence-electron chi connectivity index (χ0n) is 16.6. The van der Waals surface area contributed by atoms with E-state index in [-0.39, 0.29) is 5.91 Å². The Morgan fingerprint density at radius 1 is 1.14 bits per heavy atom. The van der Waals surface area contributed by atoms with Crippen LogP contribution < -0.4 is 4.74 Å². The van der Waals surface area contributed by atoms with E-state index < -0.39 is 0 Å². The zero-order valence-corrected chi connectivity index (χ0v) is 18.2. The third-order valence-corrected chi connectivity index (χ3v) is 5.65. The molecule has 2 aromatic carbocycles. The van der Waals surface area contributed by atoms with E-state index in [0.717, 1.165) is 17.0 Å². The molecule has 1 heterocycles. The fraction of sp³-hybridized carbons (Fsp3) is 0.286. The first kappa shape index (κ1) is 21.2. The number of aromatic nitrogens is 3. The maximum Gasteiger partial charge on any atom is 0.233 e. The van der Waals surface area contributed by atoms with E-state index in [4.69, 9.17) is 16.3 Å². The highest BCUT2D eigenvalue weighted by Crippen LogP contribution is 2.30. The average Bonchev–Trinajstić information content (AvgIpc) is 3.17. The number of ether oxygens (including phenoxy) is 1. The molecule has 0 atom stereocenters. The molecular formula is C21H23ClN4O2S. The van der Waals surface area contributed by atoms with Crippen molar-refractivity contribution in [3.05, 3.63) is 53.6 Å². The van der Waals surface area contributed by atoms with Gasteiger partial charge in [-0.25, -0.2) is 0 Å². The second kappa shape index (κ2) is 9.80. The van der Waals surface area contributed by atoms with E-state index in [2.05, 4.69) is 10.2 Å². The number of carbonyl (C=O) groups excluding carboxylic acids is 1. The van der Waals surface area contributed by atoms with Gasteiger partial charge >= 0.3 is 0 Å². The summed E-state index contributed by atoms with van der Waals surface area (Å²) in [5.41, 5.74) is 1.74. The van der Waals surface area contributed by atoms with Crippen LogP contribution in [0.25, 0.3) is 17.1 Å². The van der Waals surface area contributed by atoms with E-state index in [1.54, 1.807) is 12.0 Å². The average molecular weight is 431 g/mol. The van der Waals surface area contributed by atoms with Gasteiger partial charge in [0.1, 0.15) is 5.75 Å². The molecule has 3 aromatic rings. The highest BCUT2D eigenvalue weighted by atomic mass is 35.5. The van der Waals surface area contributed by atoms with Gasteiger partial charge in [-0.3, -0.25) is 9.36 Å². The normalized spacial score (nSPS) is 10.8. The van der Waals surface area contributed by atoms with Crippen molar-refractivity contribution >= 4 is 29.3 Å². The molecule has 0 aliphatic heterocycles. The lowest BCUT2D eigenvalue weighted by atomic mass is 10.2. The largest absolute Gasteiger partial charge is 0.497 e. The number of carbonyl (C=O) groups is 1. The summed E-state index contributed by atoms with van der Waals surface area (Å²) in [7, 11) is 1.63. The lowest BCUT2D eigenvalue weighted by Crippen LogP contribution is -2.31. The first-order valence-electron chi connectivity index (χ1n) is 9.33. The van der Waals surface area contributed by atoms with Crippen LogP contribution in [-0.2, 0) is 4.79 Å². The number of nitrogens with zero attached hydrogens (tertiary/aromatic N) is 4. The summed E-state index contributed by atoms with van der Waals surface area (Å²) in [6.07, 6.45) is 0. The SMILES string of the molecule is CCN(CC)C(=O)CSc1nnc(-c2cccc(OC)c2)n1-c1ccc(Cl)cc1. The first-order valence-corrected chi connectivity index (χ1v) is 10.7. The van der Waals surface area contributed by atoms with Crippen LogP contribution in [0.5, 0.6) is 5.75 Å². The minimum atomic E-state index is 0.0774. The highest BCUT2D eigenvalue weighted by Gasteiger charge is 2.19. The van der Waals surface area contributed by atoms with E-state index in [0.29, 0.717) is 34.8 Å². The van der Waals surface area contributed by atoms with E-state index in [9.17, 15) is 4.79 Å². The number of thioether (sulfide) groups is 1. The molecule has 0 aliphatic rings. The van der Waals surface area contributed by atoms with Crippen molar-refractivity contribution in [2.75, 3.05) is 26.0 Å². The number of rotatable bonds is 8. The van der Waals surface area contributed by atoms with E-state index in [1.165, 1.54) is 11.8 Å². The van der Waals surface area contributed by atoms with E-state index >= 15 is 0 Å². The van der Waals surface area contributed by atoms with Gasteiger partial charge in [0.05, 0.1) is 12.9 Å². The summed E-state index contributed by atoms with van der Waals surface area (Å²) in [6.45, 7) is 5.33. The first-order chi connectivity index (χ1) is 14.1. The summed E-state index contributed by atoms with van der Waals surface area (Å²) in [5.74, 6) is 1.78. The molecule has 0 unspecified atom stereocenters. The molecule has 0 saturated heterocycles. The maximum absolute atomic E-state index is 12.4. The van der Waals surface area contributed by atoms with Crippen molar-refractivity contribution in [3.63, 3.8) is 0 Å². The molecule has 0 spiro atoms. The molecule has 1 amide bonds. The summed E-state index contributed by atoms with van der Waals surface area (Å²) in [5, 5.41) is 10.1. The molecule has 152 valence electrons. The third-order valence-electron chi connectivity index (χ3n) is 4.49. The van der Waals surface area contributed by atoms with Crippen LogP contribution in [0.15, 0.2) is 53.7 Å². The Balaban J connectivity index is 1.99. The Kier molecular flexibility index (Phi) is 7.17. The minimum absolute atomic E-state index is 0.0774. The number of hydrogen-bond donors (Lipinski definition) is 0. The van der Waals surface area contributed by atoms with Crippen molar-refractivity contribution in [3.8, 4) is 22.8 Å². The molecule has 29 heavy (non-hydrogen) atoms. The molecule has 0 radical (unpaired) electrons. The Hall–Kier alpha value is -2.51. The van der Waals surface area contributed by atoms with Crippen LogP contribution in [0.2, 0.25) is 5.02 Å². The number of methoxy groups -OCH3 is 1. The standard InChI is InChI=1S/C21H23ClN4O2S/c1-4-25(5-2)19(27)14-29-21-24-23-20(15-7-6-8-18(13-15)28-3)26(21)17-11-9-16(22)10-12-17/h6-13H,4-5,14H2,1-3H3. The van der Waals surface area contributed by atoms with Crippen molar-refractivity contribution in [2.24, 2.45) is 0 Å². The number of halogens is 1. The smallest absolute Gasteiger partial charge is 0.233 e. The van der Waals surface area contributed by atoms with Gasteiger partial charge < -0.3 is 9.64 Å². The molecule has 0 fully saturated rings. The van der Waals surface area contributed by atoms with Gasteiger partial charge in [0.25, 0.3) is 0 Å². The van der Waals surface area contributed by atoms with E-state index in [1.807, 2.05) is 66.9 Å². The summed E-state index contributed by atoms with van der Waals surface area (Å²) >= 11 is 7.44. The lowest BCUT2D eigenvalue weighted by molar-refractivity contribution is -0.127. The topological polar surface area (TPSA) is 60.3 Å². The molecule has 0 saturated carbocycles. The van der Waals surface area contributed by atoms with Gasteiger partial charge in [0.2, 0.25) is 5.91 Å². The Bertz CT molecular complexity index is 971. The number of amides is 1.